The number of H-pyrrole nitrogens is 1. The minimum Gasteiger partial charge on any atom is -0.475 e. The van der Waals surface area contributed by atoms with Gasteiger partial charge in [-0.3, -0.25) is 25.3 Å². The van der Waals surface area contributed by atoms with Gasteiger partial charge in [0.25, 0.3) is 5.91 Å². The van der Waals surface area contributed by atoms with E-state index in [-0.39, 0.29) is 22.9 Å². The largest absolute Gasteiger partial charge is 0.490 e. The quantitative estimate of drug-likeness (QED) is 0.177. The average molecular weight is 543 g/mol. The molecule has 0 saturated carbocycles. The molecule has 11 nitrogen and oxygen atoms in total. The minimum atomic E-state index is -5.08. The van der Waals surface area contributed by atoms with Gasteiger partial charge >= 0.3 is 18.2 Å². The van der Waals surface area contributed by atoms with E-state index in [0.717, 1.165) is 4.90 Å². The van der Waals surface area contributed by atoms with E-state index in [9.17, 15) is 27.6 Å². The molecular weight excluding hydrogens is 523 g/mol. The van der Waals surface area contributed by atoms with Crippen molar-refractivity contribution in [3.63, 3.8) is 0 Å². The summed E-state index contributed by atoms with van der Waals surface area (Å²) in [7, 11) is 1.37. The SMILES string of the molecule is CN(C(=O)O)c1nc2ccc(C(=O)c3ccccc3C(=O)NNc3ccccc3)cc2[nH]1.O=C(O)C(F)(F)F. The summed E-state index contributed by atoms with van der Waals surface area (Å²) in [4.78, 5) is 54.0. The first-order valence-corrected chi connectivity index (χ1v) is 10.9. The fourth-order valence-electron chi connectivity index (χ4n) is 3.14. The highest BCUT2D eigenvalue weighted by Gasteiger charge is 2.38. The Kier molecular flexibility index (Phi) is 8.50. The predicted molar refractivity (Wildman–Crippen MR) is 134 cm³/mol. The highest BCUT2D eigenvalue weighted by atomic mass is 19.4. The van der Waals surface area contributed by atoms with Crippen LogP contribution in [0.2, 0.25) is 0 Å². The molecule has 1 heterocycles. The van der Waals surface area contributed by atoms with E-state index in [0.29, 0.717) is 22.3 Å². The summed E-state index contributed by atoms with van der Waals surface area (Å²) in [6, 6.07) is 20.4. The molecular formula is C25H20F3N5O6. The Hall–Kier alpha value is -5.40. The molecule has 0 spiro atoms. The van der Waals surface area contributed by atoms with E-state index in [1.54, 1.807) is 54.6 Å². The number of aromatic amines is 1. The number of halogens is 3. The highest BCUT2D eigenvalue weighted by Crippen LogP contribution is 2.21. The standard InChI is InChI=1S/C23H19N5O4.C2HF3O2/c1-28(23(31)32)22-24-18-12-11-14(13-19(18)25-22)20(29)16-9-5-6-10-17(16)21(30)27-26-15-7-3-2-4-8-15;3-2(4,5)1(6)7/h2-13,26H,1H3,(H,24,25)(H,27,30)(H,31,32);(H,6,7). The zero-order valence-corrected chi connectivity index (χ0v) is 20.0. The molecule has 0 radical (unpaired) electrons. The lowest BCUT2D eigenvalue weighted by molar-refractivity contribution is -0.192. The summed E-state index contributed by atoms with van der Waals surface area (Å²) < 4.78 is 31.7. The Labute approximate surface area is 217 Å². The van der Waals surface area contributed by atoms with Crippen molar-refractivity contribution in [1.29, 1.82) is 0 Å². The molecule has 0 aliphatic carbocycles. The molecule has 0 saturated heterocycles. The molecule has 4 aromatic rings. The van der Waals surface area contributed by atoms with Crippen LogP contribution in [-0.2, 0) is 4.79 Å². The van der Waals surface area contributed by atoms with E-state index in [2.05, 4.69) is 20.8 Å². The van der Waals surface area contributed by atoms with Gasteiger partial charge in [-0.2, -0.15) is 13.2 Å². The number of amides is 2. The number of aromatic nitrogens is 2. The molecule has 2 amide bonds. The van der Waals surface area contributed by atoms with Gasteiger partial charge in [0.15, 0.2) is 5.78 Å². The van der Waals surface area contributed by atoms with Crippen LogP contribution in [0.15, 0.2) is 72.8 Å². The lowest BCUT2D eigenvalue weighted by Gasteiger charge is -2.11. The third-order valence-electron chi connectivity index (χ3n) is 5.09. The number of nitrogens with one attached hydrogen (secondary N) is 3. The maximum atomic E-state index is 13.2. The number of rotatable bonds is 6. The van der Waals surface area contributed by atoms with Crippen molar-refractivity contribution in [3.8, 4) is 0 Å². The van der Waals surface area contributed by atoms with Gasteiger partial charge in [-0.05, 0) is 36.4 Å². The van der Waals surface area contributed by atoms with E-state index in [1.165, 1.54) is 7.05 Å². The third kappa shape index (κ3) is 7.09. The van der Waals surface area contributed by atoms with E-state index < -0.39 is 24.1 Å². The smallest absolute Gasteiger partial charge is 0.475 e. The van der Waals surface area contributed by atoms with Crippen LogP contribution in [0.3, 0.4) is 0 Å². The number of hydrogen-bond acceptors (Lipinski definition) is 6. The first-order chi connectivity index (χ1) is 18.4. The second-order valence-corrected chi connectivity index (χ2v) is 7.76. The van der Waals surface area contributed by atoms with Crippen LogP contribution in [0.25, 0.3) is 11.0 Å². The topological polar surface area (TPSA) is 165 Å². The van der Waals surface area contributed by atoms with Gasteiger partial charge in [-0.1, -0.05) is 36.4 Å². The lowest BCUT2D eigenvalue weighted by Crippen LogP contribution is -2.30. The monoisotopic (exact) mass is 543 g/mol. The van der Waals surface area contributed by atoms with Crippen molar-refractivity contribution in [2.24, 2.45) is 0 Å². The molecule has 0 aliphatic heterocycles. The number of hydrogen-bond donors (Lipinski definition) is 5. The summed E-state index contributed by atoms with van der Waals surface area (Å²) >= 11 is 0. The molecule has 0 atom stereocenters. The summed E-state index contributed by atoms with van der Waals surface area (Å²) in [6.45, 7) is 0. The Bertz CT molecular complexity index is 1520. The van der Waals surface area contributed by atoms with Crippen LogP contribution < -0.4 is 15.8 Å². The van der Waals surface area contributed by atoms with Crippen LogP contribution in [0.4, 0.5) is 29.6 Å². The maximum Gasteiger partial charge on any atom is 0.490 e. The number of nitrogens with zero attached hydrogens (tertiary/aromatic N) is 2. The van der Waals surface area contributed by atoms with Crippen LogP contribution in [0, 0.1) is 0 Å². The Morgan fingerprint density at radius 2 is 1.49 bits per heavy atom. The third-order valence-corrected chi connectivity index (χ3v) is 5.09. The number of para-hydroxylation sites is 1. The summed E-state index contributed by atoms with van der Waals surface area (Å²) in [5, 5.41) is 16.2. The second kappa shape index (κ2) is 11.8. The van der Waals surface area contributed by atoms with Crippen molar-refractivity contribution in [1.82, 2.24) is 15.4 Å². The Morgan fingerprint density at radius 3 is 2.08 bits per heavy atom. The number of alkyl halides is 3. The van der Waals surface area contributed by atoms with Crippen molar-refractivity contribution in [3.05, 3.63) is 89.5 Å². The van der Waals surface area contributed by atoms with E-state index >= 15 is 0 Å². The molecule has 5 N–H and O–H groups in total. The minimum absolute atomic E-state index is 0.142. The van der Waals surface area contributed by atoms with Crippen molar-refractivity contribution >= 4 is 46.4 Å². The molecule has 3 aromatic carbocycles. The first-order valence-electron chi connectivity index (χ1n) is 10.9. The lowest BCUT2D eigenvalue weighted by atomic mass is 9.97. The molecule has 0 bridgehead atoms. The number of carboxylic acids is 1. The van der Waals surface area contributed by atoms with Gasteiger partial charge in [-0.15, -0.1) is 0 Å². The number of benzene rings is 3. The van der Waals surface area contributed by atoms with Gasteiger partial charge in [0.1, 0.15) is 0 Å². The molecule has 14 heteroatoms. The van der Waals surface area contributed by atoms with Crippen molar-refractivity contribution in [2.45, 2.75) is 6.18 Å². The first kappa shape index (κ1) is 28.2. The molecule has 39 heavy (non-hydrogen) atoms. The fourth-order valence-corrected chi connectivity index (χ4v) is 3.14. The van der Waals surface area contributed by atoms with E-state index in [4.69, 9.17) is 15.0 Å². The normalized spacial score (nSPS) is 10.7. The average Bonchev–Trinajstić information content (AvgIpc) is 3.34. The molecule has 1 aromatic heterocycles. The van der Waals surface area contributed by atoms with Gasteiger partial charge in [-0.25, -0.2) is 14.6 Å². The van der Waals surface area contributed by atoms with Crippen LogP contribution >= 0.6 is 0 Å². The Morgan fingerprint density at radius 1 is 0.897 bits per heavy atom. The number of aliphatic carboxylic acids is 1. The number of carbonyl (C=O) groups is 4. The number of hydrazine groups is 1. The summed E-state index contributed by atoms with van der Waals surface area (Å²) in [6.07, 6.45) is -6.25. The van der Waals surface area contributed by atoms with Gasteiger partial charge in [0.2, 0.25) is 5.95 Å². The summed E-state index contributed by atoms with van der Waals surface area (Å²) in [5.41, 5.74) is 7.94. The second-order valence-electron chi connectivity index (χ2n) is 7.76. The highest BCUT2D eigenvalue weighted by molar-refractivity contribution is 6.16. The number of imidazole rings is 1. The van der Waals surface area contributed by atoms with Crippen LogP contribution in [-0.4, -0.2) is 57.2 Å². The van der Waals surface area contributed by atoms with Crippen LogP contribution in [0.1, 0.15) is 26.3 Å². The summed E-state index contributed by atoms with van der Waals surface area (Å²) in [5.74, 6) is -3.41. The molecule has 0 aliphatic rings. The van der Waals surface area contributed by atoms with E-state index in [1.807, 2.05) is 18.2 Å². The zero-order chi connectivity index (χ0) is 28.7. The number of carboxylic acid groups (broad SMARTS) is 2. The van der Waals surface area contributed by atoms with Gasteiger partial charge in [0.05, 0.1) is 22.3 Å². The molecule has 4 rings (SSSR count). The zero-order valence-electron chi connectivity index (χ0n) is 20.0. The Balaban J connectivity index is 0.000000532. The van der Waals surface area contributed by atoms with Gasteiger partial charge in [0, 0.05) is 18.2 Å². The number of carbonyl (C=O) groups excluding carboxylic acids is 2. The molecule has 0 unspecified atom stereocenters. The maximum absolute atomic E-state index is 13.2. The fraction of sp³-hybridized carbons (Fsp3) is 0.0800. The number of anilines is 2. The molecule has 0 fully saturated rings. The van der Waals surface area contributed by atoms with Gasteiger partial charge < -0.3 is 15.2 Å². The molecule has 202 valence electrons. The number of fused-ring (bicyclic) bond motifs is 1. The predicted octanol–water partition coefficient (Wildman–Crippen LogP) is 4.30. The van der Waals surface area contributed by atoms with Crippen molar-refractivity contribution < 1.29 is 42.6 Å². The van der Waals surface area contributed by atoms with Crippen LogP contribution in [0.5, 0.6) is 0 Å². The van der Waals surface area contributed by atoms with Crippen molar-refractivity contribution in [2.75, 3.05) is 17.4 Å². The number of ketones is 1.